The van der Waals surface area contributed by atoms with Crippen molar-refractivity contribution in [3.8, 4) is 0 Å². The summed E-state index contributed by atoms with van der Waals surface area (Å²) in [4.78, 5) is 0. The first-order valence-corrected chi connectivity index (χ1v) is 7.32. The molecule has 1 unspecified atom stereocenters. The first-order valence-electron chi connectivity index (χ1n) is 7.32. The van der Waals surface area contributed by atoms with Gasteiger partial charge in [0.15, 0.2) is 0 Å². The van der Waals surface area contributed by atoms with Crippen LogP contribution in [0.4, 0.5) is 0 Å². The summed E-state index contributed by atoms with van der Waals surface area (Å²) in [6.07, 6.45) is 6.65. The van der Waals surface area contributed by atoms with Crippen molar-refractivity contribution in [2.45, 2.75) is 31.1 Å². The van der Waals surface area contributed by atoms with E-state index in [4.69, 9.17) is 0 Å². The van der Waals surface area contributed by atoms with Crippen LogP contribution >= 0.6 is 0 Å². The molecule has 1 heterocycles. The van der Waals surface area contributed by atoms with Crippen molar-refractivity contribution >= 4 is 0 Å². The minimum atomic E-state index is 0.152. The normalized spacial score (nSPS) is 21.7. The summed E-state index contributed by atoms with van der Waals surface area (Å²) in [6, 6.07) is 8.87. The molecule has 4 heteroatoms. The van der Waals surface area contributed by atoms with Crippen LogP contribution in [-0.2, 0) is 25.3 Å². The van der Waals surface area contributed by atoms with Crippen molar-refractivity contribution in [1.82, 2.24) is 20.3 Å². The van der Waals surface area contributed by atoms with E-state index in [1.165, 1.54) is 30.4 Å². The monoisotopic (exact) mass is 270 g/mol. The van der Waals surface area contributed by atoms with Gasteiger partial charge in [0, 0.05) is 31.6 Å². The van der Waals surface area contributed by atoms with E-state index in [-0.39, 0.29) is 5.41 Å². The number of benzene rings is 1. The molecule has 0 bridgehead atoms. The molecule has 0 radical (unpaired) electrons. The highest BCUT2D eigenvalue weighted by atomic mass is 15.4. The van der Waals surface area contributed by atoms with Crippen LogP contribution in [0.5, 0.6) is 0 Å². The molecular weight excluding hydrogens is 248 g/mol. The highest BCUT2D eigenvalue weighted by molar-refractivity contribution is 5.38. The topological polar surface area (TPSA) is 42.7 Å². The number of rotatable bonds is 4. The summed E-state index contributed by atoms with van der Waals surface area (Å²) in [7, 11) is 3.96. The van der Waals surface area contributed by atoms with Gasteiger partial charge in [0.2, 0.25) is 0 Å². The number of aryl methyl sites for hydroxylation is 2. The van der Waals surface area contributed by atoms with Crippen molar-refractivity contribution in [2.75, 3.05) is 13.6 Å². The lowest BCUT2D eigenvalue weighted by Gasteiger charge is -2.39. The van der Waals surface area contributed by atoms with Gasteiger partial charge in [-0.3, -0.25) is 4.68 Å². The molecule has 1 aliphatic carbocycles. The Labute approximate surface area is 120 Å². The van der Waals surface area contributed by atoms with Crippen LogP contribution in [-0.4, -0.2) is 28.6 Å². The Morgan fingerprint density at radius 3 is 2.95 bits per heavy atom. The molecule has 0 saturated carbocycles. The van der Waals surface area contributed by atoms with E-state index >= 15 is 0 Å². The molecule has 0 amide bonds. The Hall–Kier alpha value is -1.68. The van der Waals surface area contributed by atoms with E-state index in [0.29, 0.717) is 0 Å². The van der Waals surface area contributed by atoms with Gasteiger partial charge in [0.25, 0.3) is 0 Å². The number of fused-ring (bicyclic) bond motifs is 1. The van der Waals surface area contributed by atoms with Crippen LogP contribution in [0.2, 0.25) is 0 Å². The molecule has 2 aromatic rings. The average molecular weight is 270 g/mol. The fourth-order valence-corrected chi connectivity index (χ4v) is 3.60. The number of nitrogens with one attached hydrogen (secondary N) is 1. The van der Waals surface area contributed by atoms with Gasteiger partial charge < -0.3 is 5.32 Å². The standard InChI is InChI=1S/C16H22N4/c1-17-12-16(10-14-11-20(2)19-18-14)9-5-7-13-6-3-4-8-15(13)16/h3-4,6,8,11,17H,5,7,9-10,12H2,1-2H3. The van der Waals surface area contributed by atoms with E-state index in [2.05, 4.69) is 39.9 Å². The first kappa shape index (κ1) is 13.3. The van der Waals surface area contributed by atoms with Gasteiger partial charge in [-0.2, -0.15) is 0 Å². The van der Waals surface area contributed by atoms with Gasteiger partial charge in [-0.05, 0) is 37.4 Å². The van der Waals surface area contributed by atoms with Crippen molar-refractivity contribution in [3.05, 3.63) is 47.3 Å². The van der Waals surface area contributed by atoms with Gasteiger partial charge in [0.05, 0.1) is 5.69 Å². The second-order valence-electron chi connectivity index (χ2n) is 5.88. The third kappa shape index (κ3) is 2.36. The molecule has 0 fully saturated rings. The van der Waals surface area contributed by atoms with Crippen molar-refractivity contribution in [1.29, 1.82) is 0 Å². The molecule has 1 aromatic carbocycles. The molecule has 1 N–H and O–H groups in total. The second-order valence-corrected chi connectivity index (χ2v) is 5.88. The van der Waals surface area contributed by atoms with Crippen LogP contribution in [0.15, 0.2) is 30.5 Å². The predicted molar refractivity (Wildman–Crippen MR) is 79.7 cm³/mol. The zero-order valence-corrected chi connectivity index (χ0v) is 12.3. The van der Waals surface area contributed by atoms with Gasteiger partial charge in [-0.25, -0.2) is 0 Å². The fourth-order valence-electron chi connectivity index (χ4n) is 3.60. The van der Waals surface area contributed by atoms with Crippen LogP contribution < -0.4 is 5.32 Å². The summed E-state index contributed by atoms with van der Waals surface area (Å²) < 4.78 is 1.79. The lowest BCUT2D eigenvalue weighted by molar-refractivity contribution is 0.342. The number of hydrogen-bond acceptors (Lipinski definition) is 3. The Morgan fingerprint density at radius 1 is 1.35 bits per heavy atom. The third-order valence-corrected chi connectivity index (χ3v) is 4.37. The van der Waals surface area contributed by atoms with E-state index in [1.807, 2.05) is 20.3 Å². The first-order chi connectivity index (χ1) is 9.73. The molecule has 0 aliphatic heterocycles. The number of likely N-dealkylation sites (N-methyl/N-ethyl adjacent to an activating group) is 1. The lowest BCUT2D eigenvalue weighted by Crippen LogP contribution is -2.41. The molecule has 1 aromatic heterocycles. The summed E-state index contributed by atoms with van der Waals surface area (Å²) in [6.45, 7) is 0.987. The summed E-state index contributed by atoms with van der Waals surface area (Å²) in [5, 5.41) is 11.8. The van der Waals surface area contributed by atoms with Crippen molar-refractivity contribution < 1.29 is 0 Å². The lowest BCUT2D eigenvalue weighted by atomic mass is 9.67. The largest absolute Gasteiger partial charge is 0.319 e. The maximum Gasteiger partial charge on any atom is 0.0836 e. The fraction of sp³-hybridized carbons (Fsp3) is 0.500. The van der Waals surface area contributed by atoms with Gasteiger partial charge in [0.1, 0.15) is 0 Å². The van der Waals surface area contributed by atoms with Gasteiger partial charge >= 0.3 is 0 Å². The molecule has 0 saturated heterocycles. The summed E-state index contributed by atoms with van der Waals surface area (Å²) in [5.41, 5.74) is 4.23. The zero-order chi connectivity index (χ0) is 14.0. The number of nitrogens with zero attached hydrogens (tertiary/aromatic N) is 3. The van der Waals surface area contributed by atoms with E-state index in [0.717, 1.165) is 18.7 Å². The highest BCUT2D eigenvalue weighted by Crippen LogP contribution is 2.39. The molecule has 1 aliphatic rings. The molecule has 4 nitrogen and oxygen atoms in total. The minimum absolute atomic E-state index is 0.152. The third-order valence-electron chi connectivity index (χ3n) is 4.37. The van der Waals surface area contributed by atoms with Crippen LogP contribution in [0.1, 0.15) is 29.7 Å². The molecule has 106 valence electrons. The van der Waals surface area contributed by atoms with E-state index in [1.54, 1.807) is 4.68 Å². The van der Waals surface area contributed by atoms with Gasteiger partial charge in [-0.1, -0.05) is 29.5 Å². The smallest absolute Gasteiger partial charge is 0.0836 e. The average Bonchev–Trinajstić information content (AvgIpc) is 2.85. The maximum absolute atomic E-state index is 4.30. The Balaban J connectivity index is 2.00. The number of hydrogen-bond donors (Lipinski definition) is 1. The van der Waals surface area contributed by atoms with Crippen LogP contribution in [0, 0.1) is 0 Å². The summed E-state index contributed by atoms with van der Waals surface area (Å²) in [5.74, 6) is 0. The predicted octanol–water partition coefficient (Wildman–Crippen LogP) is 1.85. The van der Waals surface area contributed by atoms with Crippen molar-refractivity contribution in [2.24, 2.45) is 7.05 Å². The Bertz CT molecular complexity index is 590. The van der Waals surface area contributed by atoms with Crippen molar-refractivity contribution in [3.63, 3.8) is 0 Å². The van der Waals surface area contributed by atoms with Gasteiger partial charge in [-0.15, -0.1) is 5.10 Å². The molecule has 0 spiro atoms. The molecule has 1 atom stereocenters. The quantitative estimate of drug-likeness (QED) is 0.922. The van der Waals surface area contributed by atoms with E-state index < -0.39 is 0 Å². The Kier molecular flexibility index (Phi) is 3.57. The molecular formula is C16H22N4. The highest BCUT2D eigenvalue weighted by Gasteiger charge is 2.36. The molecule has 3 rings (SSSR count). The number of aromatic nitrogens is 3. The minimum Gasteiger partial charge on any atom is -0.319 e. The molecule has 20 heavy (non-hydrogen) atoms. The maximum atomic E-state index is 4.30. The summed E-state index contributed by atoms with van der Waals surface area (Å²) >= 11 is 0. The Morgan fingerprint density at radius 2 is 2.20 bits per heavy atom. The second kappa shape index (κ2) is 5.37. The zero-order valence-electron chi connectivity index (χ0n) is 12.3. The van der Waals surface area contributed by atoms with E-state index in [9.17, 15) is 0 Å². The SMILES string of the molecule is CNCC1(Cc2cn(C)nn2)CCCc2ccccc21. The van der Waals surface area contributed by atoms with Crippen LogP contribution in [0.3, 0.4) is 0 Å². The van der Waals surface area contributed by atoms with Crippen LogP contribution in [0.25, 0.3) is 0 Å².